The molecular formula is C12H17ClN6. The summed E-state index contributed by atoms with van der Waals surface area (Å²) >= 11 is 5.87. The molecule has 5 N–H and O–H groups in total. The van der Waals surface area contributed by atoms with Crippen LogP contribution in [0.3, 0.4) is 0 Å². The second kappa shape index (κ2) is 5.79. The lowest BCUT2D eigenvalue weighted by atomic mass is 10.2. The van der Waals surface area contributed by atoms with Crippen molar-refractivity contribution in [1.82, 2.24) is 4.90 Å². The molecule has 0 aliphatic carbocycles. The van der Waals surface area contributed by atoms with Gasteiger partial charge in [-0.1, -0.05) is 11.6 Å². The van der Waals surface area contributed by atoms with Gasteiger partial charge < -0.3 is 21.3 Å². The van der Waals surface area contributed by atoms with Gasteiger partial charge in [0.05, 0.1) is 0 Å². The summed E-state index contributed by atoms with van der Waals surface area (Å²) in [5.41, 5.74) is 11.7. The van der Waals surface area contributed by atoms with E-state index in [1.807, 2.05) is 29.2 Å². The number of anilines is 1. The summed E-state index contributed by atoms with van der Waals surface area (Å²) < 4.78 is 0. The second-order valence-electron chi connectivity index (χ2n) is 4.31. The third-order valence-corrected chi connectivity index (χ3v) is 3.26. The van der Waals surface area contributed by atoms with E-state index in [2.05, 4.69) is 9.89 Å². The van der Waals surface area contributed by atoms with Gasteiger partial charge in [-0.3, -0.25) is 5.41 Å². The molecule has 1 aromatic carbocycles. The maximum absolute atomic E-state index is 7.75. The number of benzene rings is 1. The number of hydrogen-bond acceptors (Lipinski definition) is 2. The van der Waals surface area contributed by atoms with Gasteiger partial charge in [0.2, 0.25) is 5.96 Å². The van der Waals surface area contributed by atoms with E-state index >= 15 is 0 Å². The van der Waals surface area contributed by atoms with E-state index in [1.165, 1.54) is 0 Å². The van der Waals surface area contributed by atoms with Gasteiger partial charge in [0.1, 0.15) is 0 Å². The Balaban J connectivity index is 1.94. The van der Waals surface area contributed by atoms with Crippen molar-refractivity contribution in [2.24, 2.45) is 16.5 Å². The first-order valence-electron chi connectivity index (χ1n) is 6.00. The molecule has 7 heteroatoms. The minimum Gasteiger partial charge on any atom is -0.370 e. The average Bonchev–Trinajstić information content (AvgIpc) is 2.39. The topological polar surface area (TPSA) is 94.7 Å². The Kier molecular flexibility index (Phi) is 4.11. The zero-order valence-corrected chi connectivity index (χ0v) is 11.3. The number of hydrogen-bond donors (Lipinski definition) is 3. The van der Waals surface area contributed by atoms with Crippen LogP contribution in [0.1, 0.15) is 0 Å². The van der Waals surface area contributed by atoms with Crippen LogP contribution in [0.4, 0.5) is 5.69 Å². The predicted molar refractivity (Wildman–Crippen MR) is 78.8 cm³/mol. The third kappa shape index (κ3) is 3.51. The van der Waals surface area contributed by atoms with E-state index < -0.39 is 0 Å². The first kappa shape index (κ1) is 13.5. The molecule has 0 unspecified atom stereocenters. The van der Waals surface area contributed by atoms with E-state index in [0.717, 1.165) is 36.9 Å². The van der Waals surface area contributed by atoms with Crippen molar-refractivity contribution in [1.29, 1.82) is 5.41 Å². The van der Waals surface area contributed by atoms with Crippen molar-refractivity contribution in [2.45, 2.75) is 0 Å². The van der Waals surface area contributed by atoms with Crippen LogP contribution in [0, 0.1) is 5.41 Å². The minimum atomic E-state index is -0.0786. The smallest absolute Gasteiger partial charge is 0.221 e. The van der Waals surface area contributed by atoms with Crippen LogP contribution in [0.15, 0.2) is 29.3 Å². The molecule has 0 aromatic heterocycles. The molecule has 0 amide bonds. The number of nitrogens with zero attached hydrogens (tertiary/aromatic N) is 3. The summed E-state index contributed by atoms with van der Waals surface area (Å²) in [6.07, 6.45) is 0. The van der Waals surface area contributed by atoms with Crippen molar-refractivity contribution < 1.29 is 0 Å². The summed E-state index contributed by atoms with van der Waals surface area (Å²) in [5, 5.41) is 8.49. The van der Waals surface area contributed by atoms with Gasteiger partial charge >= 0.3 is 0 Å². The molecule has 0 spiro atoms. The molecule has 1 aromatic rings. The highest BCUT2D eigenvalue weighted by molar-refractivity contribution is 6.30. The molecule has 102 valence electrons. The summed E-state index contributed by atoms with van der Waals surface area (Å²) in [4.78, 5) is 7.85. The molecule has 1 aliphatic heterocycles. The van der Waals surface area contributed by atoms with Gasteiger partial charge in [0, 0.05) is 36.9 Å². The summed E-state index contributed by atoms with van der Waals surface area (Å²) in [7, 11) is 0. The van der Waals surface area contributed by atoms with Crippen molar-refractivity contribution in [2.75, 3.05) is 31.1 Å². The van der Waals surface area contributed by atoms with Crippen molar-refractivity contribution in [3.63, 3.8) is 0 Å². The van der Waals surface area contributed by atoms with Crippen molar-refractivity contribution in [3.8, 4) is 0 Å². The normalized spacial score (nSPS) is 15.2. The fourth-order valence-corrected chi connectivity index (χ4v) is 2.15. The van der Waals surface area contributed by atoms with Crippen LogP contribution in [-0.4, -0.2) is 43.0 Å². The SMILES string of the molecule is N=C(N=C(N)N)N1CCN(c2ccc(Cl)cc2)CC1. The Labute approximate surface area is 117 Å². The number of nitrogens with one attached hydrogen (secondary N) is 1. The monoisotopic (exact) mass is 280 g/mol. The minimum absolute atomic E-state index is 0.0786. The van der Waals surface area contributed by atoms with E-state index in [0.29, 0.717) is 0 Å². The van der Waals surface area contributed by atoms with Gasteiger partial charge in [-0.15, -0.1) is 0 Å². The quantitative estimate of drug-likeness (QED) is 0.520. The molecule has 0 radical (unpaired) electrons. The first-order valence-corrected chi connectivity index (χ1v) is 6.38. The number of nitrogens with two attached hydrogens (primary N) is 2. The standard InChI is InChI=1S/C12H17ClN6/c13-9-1-3-10(4-2-9)18-5-7-19(8-6-18)12(16)17-11(14)15/h1-4H,5-8H2,(H5,14,15,16,17). The van der Waals surface area contributed by atoms with Crippen molar-refractivity contribution >= 4 is 29.2 Å². The molecule has 0 bridgehead atoms. The van der Waals surface area contributed by atoms with Crippen LogP contribution in [0.25, 0.3) is 0 Å². The molecule has 0 atom stereocenters. The maximum atomic E-state index is 7.75. The lowest BCUT2D eigenvalue weighted by molar-refractivity contribution is 0.380. The fourth-order valence-electron chi connectivity index (χ4n) is 2.02. The lowest BCUT2D eigenvalue weighted by Crippen LogP contribution is -2.48. The Morgan fingerprint density at radius 2 is 1.68 bits per heavy atom. The average molecular weight is 281 g/mol. The van der Waals surface area contributed by atoms with Gasteiger partial charge in [-0.25, -0.2) is 0 Å². The highest BCUT2D eigenvalue weighted by Crippen LogP contribution is 2.19. The Morgan fingerprint density at radius 3 is 2.21 bits per heavy atom. The van der Waals surface area contributed by atoms with Gasteiger partial charge in [0.25, 0.3) is 0 Å². The van der Waals surface area contributed by atoms with Crippen LogP contribution in [0.2, 0.25) is 5.02 Å². The van der Waals surface area contributed by atoms with Crippen LogP contribution in [0.5, 0.6) is 0 Å². The van der Waals surface area contributed by atoms with Gasteiger partial charge in [-0.05, 0) is 24.3 Å². The molecule has 19 heavy (non-hydrogen) atoms. The molecule has 0 saturated carbocycles. The van der Waals surface area contributed by atoms with Crippen LogP contribution >= 0.6 is 11.6 Å². The summed E-state index contributed by atoms with van der Waals surface area (Å²) in [6.45, 7) is 3.09. The largest absolute Gasteiger partial charge is 0.370 e. The Morgan fingerprint density at radius 1 is 1.11 bits per heavy atom. The number of aliphatic imine (C=N–C) groups is 1. The van der Waals surface area contributed by atoms with E-state index in [1.54, 1.807) is 0 Å². The Bertz CT molecular complexity index is 471. The zero-order chi connectivity index (χ0) is 13.8. The van der Waals surface area contributed by atoms with Crippen LogP contribution < -0.4 is 16.4 Å². The number of rotatable bonds is 1. The van der Waals surface area contributed by atoms with Gasteiger partial charge in [-0.2, -0.15) is 4.99 Å². The van der Waals surface area contributed by atoms with E-state index in [-0.39, 0.29) is 11.9 Å². The van der Waals surface area contributed by atoms with Gasteiger partial charge in [0.15, 0.2) is 5.96 Å². The maximum Gasteiger partial charge on any atom is 0.221 e. The lowest BCUT2D eigenvalue weighted by Gasteiger charge is -2.36. The van der Waals surface area contributed by atoms with E-state index in [9.17, 15) is 0 Å². The van der Waals surface area contributed by atoms with Crippen LogP contribution in [-0.2, 0) is 0 Å². The fraction of sp³-hybridized carbons (Fsp3) is 0.333. The molecule has 1 saturated heterocycles. The molecule has 1 aliphatic rings. The van der Waals surface area contributed by atoms with E-state index in [4.69, 9.17) is 28.5 Å². The second-order valence-corrected chi connectivity index (χ2v) is 4.75. The Hall–Kier alpha value is -1.95. The highest BCUT2D eigenvalue weighted by Gasteiger charge is 2.19. The first-order chi connectivity index (χ1) is 9.06. The molecular weight excluding hydrogens is 264 g/mol. The molecule has 6 nitrogen and oxygen atoms in total. The van der Waals surface area contributed by atoms with Crippen molar-refractivity contribution in [3.05, 3.63) is 29.3 Å². The molecule has 1 heterocycles. The molecule has 1 fully saturated rings. The number of guanidine groups is 2. The summed E-state index contributed by atoms with van der Waals surface area (Å²) in [6, 6.07) is 7.76. The molecule has 2 rings (SSSR count). The number of halogens is 1. The number of piperazine rings is 1. The highest BCUT2D eigenvalue weighted by atomic mass is 35.5. The third-order valence-electron chi connectivity index (χ3n) is 3.01. The predicted octanol–water partition coefficient (Wildman–Crippen LogP) is 0.670. The summed E-state index contributed by atoms with van der Waals surface area (Å²) in [5.74, 6) is 0.0425. The zero-order valence-electron chi connectivity index (χ0n) is 10.5.